The SMILES string of the molecule is Cc1ccc(S(=O)(=O)n2ccc3c4c(ccc32)C=CC(Cc2cc(C)ccc2S(=O)(=O)O)O4)cc1. The van der Waals surface area contributed by atoms with Gasteiger partial charge in [-0.2, -0.15) is 8.42 Å². The Morgan fingerprint density at radius 2 is 1.63 bits per heavy atom. The van der Waals surface area contributed by atoms with Gasteiger partial charge in [0.25, 0.3) is 20.1 Å². The molecule has 1 atom stereocenters. The zero-order valence-electron chi connectivity index (χ0n) is 19.0. The van der Waals surface area contributed by atoms with E-state index in [-0.39, 0.29) is 16.2 Å². The molecule has 0 radical (unpaired) electrons. The smallest absolute Gasteiger partial charge is 0.294 e. The zero-order valence-corrected chi connectivity index (χ0v) is 20.7. The third kappa shape index (κ3) is 4.27. The molecule has 1 aliphatic rings. The molecule has 3 aromatic carbocycles. The average Bonchev–Trinajstić information content (AvgIpc) is 3.24. The highest BCUT2D eigenvalue weighted by Gasteiger charge is 2.25. The first-order valence-electron chi connectivity index (χ1n) is 10.9. The molecular weight excluding hydrogens is 486 g/mol. The van der Waals surface area contributed by atoms with Gasteiger partial charge in [0.2, 0.25) is 0 Å². The first-order valence-corrected chi connectivity index (χ1v) is 13.8. The van der Waals surface area contributed by atoms with Crippen LogP contribution in [0, 0.1) is 13.8 Å². The lowest BCUT2D eigenvalue weighted by Crippen LogP contribution is -2.21. The van der Waals surface area contributed by atoms with E-state index in [1.807, 2.05) is 26.0 Å². The van der Waals surface area contributed by atoms with Gasteiger partial charge >= 0.3 is 0 Å². The van der Waals surface area contributed by atoms with Crippen molar-refractivity contribution >= 4 is 37.1 Å². The highest BCUT2D eigenvalue weighted by atomic mass is 32.2. The lowest BCUT2D eigenvalue weighted by Gasteiger charge is -2.23. The highest BCUT2D eigenvalue weighted by molar-refractivity contribution is 7.90. The van der Waals surface area contributed by atoms with E-state index in [0.717, 1.165) is 16.7 Å². The molecule has 1 unspecified atom stereocenters. The second-order valence-electron chi connectivity index (χ2n) is 8.65. The molecule has 0 amide bonds. The van der Waals surface area contributed by atoms with E-state index in [9.17, 15) is 21.4 Å². The number of benzene rings is 3. The molecule has 2 heterocycles. The van der Waals surface area contributed by atoms with E-state index in [1.54, 1.807) is 54.6 Å². The number of aromatic nitrogens is 1. The van der Waals surface area contributed by atoms with Crippen LogP contribution in [-0.2, 0) is 26.6 Å². The summed E-state index contributed by atoms with van der Waals surface area (Å²) in [4.78, 5) is 0.0358. The van der Waals surface area contributed by atoms with Crippen molar-refractivity contribution in [1.82, 2.24) is 3.97 Å². The minimum Gasteiger partial charge on any atom is -0.485 e. The maximum absolute atomic E-state index is 13.3. The summed E-state index contributed by atoms with van der Waals surface area (Å²) in [5, 5.41) is 0.631. The molecule has 1 N–H and O–H groups in total. The number of fused-ring (bicyclic) bond motifs is 3. The molecule has 5 rings (SSSR count). The van der Waals surface area contributed by atoms with Crippen LogP contribution < -0.4 is 4.74 Å². The van der Waals surface area contributed by atoms with Gasteiger partial charge in [-0.15, -0.1) is 0 Å². The molecular formula is C26H23NO6S2. The fraction of sp³-hybridized carbons (Fsp3) is 0.154. The van der Waals surface area contributed by atoms with Crippen LogP contribution in [0.4, 0.5) is 0 Å². The van der Waals surface area contributed by atoms with E-state index in [1.165, 1.54) is 16.2 Å². The molecule has 1 aromatic heterocycles. The van der Waals surface area contributed by atoms with Crippen LogP contribution in [0.1, 0.15) is 22.3 Å². The standard InChI is InChI=1S/C26H23NO6S2/c1-17-3-9-22(10-4-17)34(28,29)27-14-13-23-24(27)11-7-19-6-8-21(33-26(19)23)16-20-15-18(2)5-12-25(20)35(30,31)32/h3-15,21H,16H2,1-2H3,(H,30,31,32). The number of aryl methyl sites for hydroxylation is 2. The molecule has 0 fully saturated rings. The van der Waals surface area contributed by atoms with Crippen molar-refractivity contribution in [1.29, 1.82) is 0 Å². The molecule has 0 bridgehead atoms. The van der Waals surface area contributed by atoms with Crippen molar-refractivity contribution in [3.05, 3.63) is 95.2 Å². The Labute approximate surface area is 204 Å². The second-order valence-corrected chi connectivity index (χ2v) is 11.9. The number of nitrogens with zero attached hydrogens (tertiary/aromatic N) is 1. The van der Waals surface area contributed by atoms with Crippen molar-refractivity contribution in [2.75, 3.05) is 0 Å². The van der Waals surface area contributed by atoms with Gasteiger partial charge in [-0.3, -0.25) is 4.55 Å². The fourth-order valence-electron chi connectivity index (χ4n) is 4.33. The lowest BCUT2D eigenvalue weighted by molar-refractivity contribution is 0.248. The predicted octanol–water partition coefficient (Wildman–Crippen LogP) is 4.76. The number of hydrogen-bond donors (Lipinski definition) is 1. The number of rotatable bonds is 5. The summed E-state index contributed by atoms with van der Waals surface area (Å²) < 4.78 is 67.4. The predicted molar refractivity (Wildman–Crippen MR) is 134 cm³/mol. The monoisotopic (exact) mass is 509 g/mol. The molecule has 35 heavy (non-hydrogen) atoms. The van der Waals surface area contributed by atoms with Gasteiger partial charge in [0.05, 0.1) is 15.3 Å². The van der Waals surface area contributed by atoms with Crippen LogP contribution in [0.5, 0.6) is 5.75 Å². The van der Waals surface area contributed by atoms with Gasteiger partial charge in [-0.1, -0.05) is 41.5 Å². The maximum Gasteiger partial charge on any atom is 0.294 e. The molecule has 0 aliphatic carbocycles. The summed E-state index contributed by atoms with van der Waals surface area (Å²) in [5.41, 5.74) is 3.53. The van der Waals surface area contributed by atoms with Gasteiger partial charge in [0.1, 0.15) is 11.9 Å². The van der Waals surface area contributed by atoms with Gasteiger partial charge in [-0.25, -0.2) is 12.4 Å². The van der Waals surface area contributed by atoms with Gasteiger partial charge in [-0.05, 0) is 61.9 Å². The van der Waals surface area contributed by atoms with Crippen LogP contribution in [0.25, 0.3) is 17.0 Å². The van der Waals surface area contributed by atoms with Crippen LogP contribution >= 0.6 is 0 Å². The lowest BCUT2D eigenvalue weighted by atomic mass is 10.0. The van der Waals surface area contributed by atoms with E-state index < -0.39 is 26.2 Å². The van der Waals surface area contributed by atoms with Crippen LogP contribution in [0.15, 0.2) is 82.7 Å². The summed E-state index contributed by atoms with van der Waals surface area (Å²) in [6, 6.07) is 16.6. The number of hydrogen-bond acceptors (Lipinski definition) is 5. The Bertz CT molecular complexity index is 1700. The molecule has 180 valence electrons. The van der Waals surface area contributed by atoms with E-state index in [2.05, 4.69) is 0 Å². The molecule has 4 aromatic rings. The van der Waals surface area contributed by atoms with Crippen molar-refractivity contribution in [2.24, 2.45) is 0 Å². The molecule has 0 spiro atoms. The third-order valence-electron chi connectivity index (χ3n) is 6.07. The molecule has 1 aliphatic heterocycles. The van der Waals surface area contributed by atoms with Crippen LogP contribution in [-0.4, -0.2) is 31.5 Å². The molecule has 9 heteroatoms. The van der Waals surface area contributed by atoms with Gasteiger partial charge in [0.15, 0.2) is 0 Å². The Kier molecular flexibility index (Phi) is 5.58. The quantitative estimate of drug-likeness (QED) is 0.389. The maximum atomic E-state index is 13.3. The van der Waals surface area contributed by atoms with E-state index in [0.29, 0.717) is 22.2 Å². The summed E-state index contributed by atoms with van der Waals surface area (Å²) >= 11 is 0. The fourth-order valence-corrected chi connectivity index (χ4v) is 6.39. The van der Waals surface area contributed by atoms with Crippen molar-refractivity contribution in [3.63, 3.8) is 0 Å². The third-order valence-corrected chi connectivity index (χ3v) is 8.73. The first-order chi connectivity index (χ1) is 16.5. The molecule has 7 nitrogen and oxygen atoms in total. The normalized spacial score (nSPS) is 15.7. The Morgan fingerprint density at radius 1 is 0.914 bits per heavy atom. The number of ether oxygens (including phenoxy) is 1. The topological polar surface area (TPSA) is 103 Å². The summed E-state index contributed by atoms with van der Waals surface area (Å²) in [5.74, 6) is 0.522. The van der Waals surface area contributed by atoms with Gasteiger partial charge < -0.3 is 4.74 Å². The second kappa shape index (κ2) is 8.37. The summed E-state index contributed by atoms with van der Waals surface area (Å²) in [6.45, 7) is 3.73. The Balaban J connectivity index is 1.52. The Morgan fingerprint density at radius 3 is 2.34 bits per heavy atom. The average molecular weight is 510 g/mol. The molecule has 0 saturated carbocycles. The van der Waals surface area contributed by atoms with Gasteiger partial charge in [0, 0.05) is 23.6 Å². The minimum absolute atomic E-state index is 0.153. The van der Waals surface area contributed by atoms with Crippen LogP contribution in [0.2, 0.25) is 0 Å². The minimum atomic E-state index is -4.39. The largest absolute Gasteiger partial charge is 0.485 e. The highest BCUT2D eigenvalue weighted by Crippen LogP contribution is 2.37. The van der Waals surface area contributed by atoms with E-state index >= 15 is 0 Å². The molecule has 0 saturated heterocycles. The van der Waals surface area contributed by atoms with Crippen molar-refractivity contribution < 1.29 is 26.1 Å². The van der Waals surface area contributed by atoms with Crippen LogP contribution in [0.3, 0.4) is 0 Å². The summed E-state index contributed by atoms with van der Waals surface area (Å²) in [6.07, 6.45) is 4.91. The Hall–Kier alpha value is -3.40. The zero-order chi connectivity index (χ0) is 25.0. The summed E-state index contributed by atoms with van der Waals surface area (Å²) in [7, 11) is -8.19. The van der Waals surface area contributed by atoms with Crippen molar-refractivity contribution in [2.45, 2.75) is 36.2 Å². The van der Waals surface area contributed by atoms with E-state index in [4.69, 9.17) is 4.74 Å². The van der Waals surface area contributed by atoms with Crippen molar-refractivity contribution in [3.8, 4) is 5.75 Å². The first kappa shape index (κ1) is 23.3.